The number of esters is 3. The molecule has 2 aliphatic rings. The summed E-state index contributed by atoms with van der Waals surface area (Å²) in [5, 5.41) is 21.9. The maximum absolute atomic E-state index is 12.1. The van der Waals surface area contributed by atoms with E-state index in [1.54, 1.807) is 12.1 Å². The average molecular weight is 618 g/mol. The van der Waals surface area contributed by atoms with Crippen LogP contribution in [-0.2, 0) is 35.2 Å². The van der Waals surface area contributed by atoms with Crippen LogP contribution in [0.1, 0.15) is 58.4 Å². The average Bonchev–Trinajstić information content (AvgIpc) is 3.51. The number of benzene rings is 3. The fourth-order valence-corrected chi connectivity index (χ4v) is 5.33. The predicted octanol–water partition coefficient (Wildman–Crippen LogP) is 4.26. The van der Waals surface area contributed by atoms with Crippen molar-refractivity contribution in [3.05, 3.63) is 108 Å². The standard InChI is InChI=1S/C18H14O8.C16H21NO2/c19-15(20)13(25-17(23)11-7-3-1-4-8-11)14(16(21)22)26-18(24)12-9-5-2-6-10-12;18-16(19-11-12-6-2-1-3-7-12)15-10-13-8-4-5-9-14(13)17-15/h1-10,13-14H,(H,19,20)(H,21,22);1-3,6-7,13-15,17H,4-5,8-11H2/t13-,14-;/m1./s1. The minimum absolute atomic E-state index is 0.0253. The first kappa shape index (κ1) is 32.9. The SMILES string of the molecule is O=C(OCc1ccccc1)C1CC2CCCCC2N1.O=C(O[C@@H](C(=O)O)[C@@H](OC(=O)c1ccccc1)C(=O)O)c1ccccc1. The van der Waals surface area contributed by atoms with Crippen LogP contribution in [0.15, 0.2) is 91.0 Å². The molecule has 11 nitrogen and oxygen atoms in total. The molecule has 1 heterocycles. The van der Waals surface area contributed by atoms with Gasteiger partial charge in [0.2, 0.25) is 12.2 Å². The third-order valence-electron chi connectivity index (χ3n) is 7.62. The van der Waals surface area contributed by atoms with Crippen molar-refractivity contribution in [3.8, 4) is 0 Å². The first-order valence-corrected chi connectivity index (χ1v) is 14.7. The van der Waals surface area contributed by atoms with E-state index in [0.29, 0.717) is 18.6 Å². The number of hydrogen-bond acceptors (Lipinski definition) is 9. The molecule has 2 fully saturated rings. The van der Waals surface area contributed by atoms with E-state index in [1.807, 2.05) is 30.3 Å². The highest BCUT2D eigenvalue weighted by Gasteiger charge is 2.41. The van der Waals surface area contributed by atoms with Crippen molar-refractivity contribution in [1.82, 2.24) is 5.32 Å². The summed E-state index contributed by atoms with van der Waals surface area (Å²) in [5.74, 6) is -5.04. The summed E-state index contributed by atoms with van der Waals surface area (Å²) in [6, 6.07) is 25.1. The second kappa shape index (κ2) is 16.2. The van der Waals surface area contributed by atoms with E-state index in [-0.39, 0.29) is 23.1 Å². The first-order chi connectivity index (χ1) is 21.7. The molecule has 3 aromatic rings. The molecule has 0 amide bonds. The lowest BCUT2D eigenvalue weighted by Gasteiger charge is -2.24. The molecule has 5 rings (SSSR count). The molecule has 3 aromatic carbocycles. The predicted molar refractivity (Wildman–Crippen MR) is 160 cm³/mol. The molecule has 5 atom stereocenters. The van der Waals surface area contributed by atoms with Crippen LogP contribution in [0.3, 0.4) is 0 Å². The molecule has 1 saturated heterocycles. The molecule has 1 aliphatic heterocycles. The summed E-state index contributed by atoms with van der Waals surface area (Å²) in [6.45, 7) is 0.382. The number of carboxylic acid groups (broad SMARTS) is 2. The van der Waals surface area contributed by atoms with Gasteiger partial charge < -0.3 is 29.7 Å². The Bertz CT molecular complexity index is 1360. The molecular weight excluding hydrogens is 582 g/mol. The van der Waals surface area contributed by atoms with Crippen LogP contribution in [0, 0.1) is 5.92 Å². The second-order valence-corrected chi connectivity index (χ2v) is 10.8. The maximum Gasteiger partial charge on any atom is 0.349 e. The Balaban J connectivity index is 0.000000214. The van der Waals surface area contributed by atoms with E-state index in [1.165, 1.54) is 74.2 Å². The van der Waals surface area contributed by atoms with Crippen molar-refractivity contribution < 1.29 is 48.4 Å². The maximum atomic E-state index is 12.1. The van der Waals surface area contributed by atoms with E-state index >= 15 is 0 Å². The number of ether oxygens (including phenoxy) is 3. The molecule has 236 valence electrons. The Labute approximate surface area is 260 Å². The quantitative estimate of drug-likeness (QED) is 0.220. The Morgan fingerprint density at radius 3 is 1.62 bits per heavy atom. The van der Waals surface area contributed by atoms with Crippen LogP contribution in [-0.4, -0.2) is 64.4 Å². The fourth-order valence-electron chi connectivity index (χ4n) is 5.33. The highest BCUT2D eigenvalue weighted by molar-refractivity contribution is 5.95. The number of rotatable bonds is 10. The van der Waals surface area contributed by atoms with Gasteiger partial charge in [0.1, 0.15) is 12.6 Å². The van der Waals surface area contributed by atoms with Gasteiger partial charge in [-0.05, 0) is 55.0 Å². The summed E-state index contributed by atoms with van der Waals surface area (Å²) >= 11 is 0. The highest BCUT2D eigenvalue weighted by atomic mass is 16.6. The van der Waals surface area contributed by atoms with E-state index in [4.69, 9.17) is 14.2 Å². The molecule has 11 heteroatoms. The van der Waals surface area contributed by atoms with Crippen molar-refractivity contribution in [1.29, 1.82) is 0 Å². The third kappa shape index (κ3) is 9.48. The Hall–Kier alpha value is -5.03. The number of nitrogens with one attached hydrogen (secondary N) is 1. The molecule has 0 spiro atoms. The van der Waals surface area contributed by atoms with Gasteiger partial charge in [-0.3, -0.25) is 4.79 Å². The Morgan fingerprint density at radius 2 is 1.16 bits per heavy atom. The first-order valence-electron chi connectivity index (χ1n) is 14.7. The van der Waals surface area contributed by atoms with Gasteiger partial charge in [-0.25, -0.2) is 19.2 Å². The van der Waals surface area contributed by atoms with Crippen LogP contribution in [0.5, 0.6) is 0 Å². The molecule has 1 saturated carbocycles. The topological polar surface area (TPSA) is 166 Å². The number of fused-ring (bicyclic) bond motifs is 1. The van der Waals surface area contributed by atoms with Crippen LogP contribution < -0.4 is 5.32 Å². The van der Waals surface area contributed by atoms with Crippen molar-refractivity contribution >= 4 is 29.8 Å². The number of aliphatic carboxylic acids is 2. The number of hydrogen-bond donors (Lipinski definition) is 3. The van der Waals surface area contributed by atoms with Crippen molar-refractivity contribution in [2.75, 3.05) is 0 Å². The zero-order chi connectivity index (χ0) is 32.2. The second-order valence-electron chi connectivity index (χ2n) is 10.8. The third-order valence-corrected chi connectivity index (χ3v) is 7.62. The van der Waals surface area contributed by atoms with E-state index in [0.717, 1.165) is 12.0 Å². The van der Waals surface area contributed by atoms with E-state index in [2.05, 4.69) is 5.32 Å². The highest BCUT2D eigenvalue weighted by Crippen LogP contribution is 2.33. The smallest absolute Gasteiger partial charge is 0.349 e. The molecule has 0 aromatic heterocycles. The number of carbonyl (C=O) groups excluding carboxylic acids is 3. The van der Waals surface area contributed by atoms with E-state index < -0.39 is 36.1 Å². The van der Waals surface area contributed by atoms with E-state index in [9.17, 15) is 34.2 Å². The Morgan fingerprint density at radius 1 is 0.689 bits per heavy atom. The van der Waals surface area contributed by atoms with Crippen LogP contribution in [0.25, 0.3) is 0 Å². The normalized spacial score (nSPS) is 19.8. The summed E-state index contributed by atoms with van der Waals surface area (Å²) in [6.07, 6.45) is 1.61. The zero-order valence-corrected chi connectivity index (χ0v) is 24.5. The molecular formula is C34H35NO10. The summed E-state index contributed by atoms with van der Waals surface area (Å²) in [7, 11) is 0. The van der Waals surface area contributed by atoms with Gasteiger partial charge in [0.25, 0.3) is 0 Å². The molecule has 1 aliphatic carbocycles. The van der Waals surface area contributed by atoms with Gasteiger partial charge in [0, 0.05) is 6.04 Å². The zero-order valence-electron chi connectivity index (χ0n) is 24.5. The van der Waals surface area contributed by atoms with Crippen molar-refractivity contribution in [3.63, 3.8) is 0 Å². The van der Waals surface area contributed by atoms with Crippen molar-refractivity contribution in [2.24, 2.45) is 5.92 Å². The van der Waals surface area contributed by atoms with Crippen LogP contribution in [0.4, 0.5) is 0 Å². The van der Waals surface area contributed by atoms with Crippen LogP contribution in [0.2, 0.25) is 0 Å². The van der Waals surface area contributed by atoms with Gasteiger partial charge in [-0.15, -0.1) is 0 Å². The lowest BCUT2D eigenvalue weighted by molar-refractivity contribution is -0.166. The lowest BCUT2D eigenvalue weighted by Crippen LogP contribution is -2.45. The van der Waals surface area contributed by atoms with Gasteiger partial charge in [0.05, 0.1) is 11.1 Å². The lowest BCUT2D eigenvalue weighted by atomic mass is 9.85. The number of carboxylic acids is 2. The van der Waals surface area contributed by atoms with Gasteiger partial charge in [0.15, 0.2) is 0 Å². The Kier molecular flexibility index (Phi) is 11.8. The minimum Gasteiger partial charge on any atom is -0.478 e. The van der Waals surface area contributed by atoms with Crippen molar-refractivity contribution in [2.45, 2.75) is 63.0 Å². The minimum atomic E-state index is -2.21. The molecule has 45 heavy (non-hydrogen) atoms. The fraction of sp³-hybridized carbons (Fsp3) is 0.324. The molecule has 0 radical (unpaired) electrons. The van der Waals surface area contributed by atoms with Gasteiger partial charge in [-0.2, -0.15) is 0 Å². The molecule has 3 unspecified atom stereocenters. The summed E-state index contributed by atoms with van der Waals surface area (Å²) < 4.78 is 14.9. The summed E-state index contributed by atoms with van der Waals surface area (Å²) in [4.78, 5) is 58.9. The van der Waals surface area contributed by atoms with Crippen LogP contribution >= 0.6 is 0 Å². The van der Waals surface area contributed by atoms with Gasteiger partial charge in [-0.1, -0.05) is 79.6 Å². The summed E-state index contributed by atoms with van der Waals surface area (Å²) in [5.41, 5.74) is 1.10. The monoisotopic (exact) mass is 617 g/mol. The van der Waals surface area contributed by atoms with Gasteiger partial charge >= 0.3 is 29.8 Å². The largest absolute Gasteiger partial charge is 0.478 e. The molecule has 0 bridgehead atoms. The number of carbonyl (C=O) groups is 5. The molecule has 3 N–H and O–H groups in total.